The molecule has 0 saturated carbocycles. The van der Waals surface area contributed by atoms with Crippen molar-refractivity contribution in [2.24, 2.45) is 0 Å². The van der Waals surface area contributed by atoms with E-state index in [-0.39, 0.29) is 22.0 Å². The molecule has 0 aliphatic carbocycles. The number of carbonyl (C=O) groups is 1. The monoisotopic (exact) mass is 504 g/mol. The van der Waals surface area contributed by atoms with Gasteiger partial charge in [0.25, 0.3) is 0 Å². The zero-order valence-electron chi connectivity index (χ0n) is 23.8. The number of rotatable bonds is 10. The van der Waals surface area contributed by atoms with Crippen LogP contribution >= 0.6 is 0 Å². The summed E-state index contributed by atoms with van der Waals surface area (Å²) in [6.45, 7) is 25.2. The first kappa shape index (κ1) is 30.6. The smallest absolute Gasteiger partial charge is 0.236 e. The van der Waals surface area contributed by atoms with Crippen molar-refractivity contribution in [2.75, 3.05) is 13.7 Å². The van der Waals surface area contributed by atoms with Gasteiger partial charge in [-0.05, 0) is 67.2 Å². The predicted molar refractivity (Wildman–Crippen MR) is 149 cm³/mol. The first-order chi connectivity index (χ1) is 15.5. The lowest BCUT2D eigenvalue weighted by atomic mass is 10.0. The second-order valence-electron chi connectivity index (χ2n) is 12.1. The molecule has 0 unspecified atom stereocenters. The summed E-state index contributed by atoms with van der Waals surface area (Å²) in [5.41, 5.74) is 1.54. The molecule has 0 aliphatic rings. The highest BCUT2D eigenvalue weighted by molar-refractivity contribution is 6.74. The Morgan fingerprint density at radius 1 is 1.00 bits per heavy atom. The third kappa shape index (κ3) is 8.37. The Balaban J connectivity index is 2.98. The van der Waals surface area contributed by atoms with Crippen molar-refractivity contribution in [1.29, 1.82) is 0 Å². The van der Waals surface area contributed by atoms with E-state index >= 15 is 0 Å². The quantitative estimate of drug-likeness (QED) is 0.142. The molecule has 0 aromatic heterocycles. The number of Topliss-reactive ketones (excluding diaryl/α,β-unsaturated/α-hetero) is 1. The van der Waals surface area contributed by atoms with Crippen LogP contribution in [0.4, 0.5) is 0 Å². The molecule has 4 nitrogen and oxygen atoms in total. The van der Waals surface area contributed by atoms with E-state index in [1.807, 2.05) is 25.1 Å². The van der Waals surface area contributed by atoms with Gasteiger partial charge in [-0.1, -0.05) is 60.5 Å². The molecule has 0 heterocycles. The minimum absolute atomic E-state index is 0.0255. The summed E-state index contributed by atoms with van der Waals surface area (Å²) in [6, 6.07) is 5.55. The second kappa shape index (κ2) is 12.0. The standard InChI is InChI=1S/C28H48O4Si2/c1-13-23-24(18-16-20-26(23)30-8)25(29)19-15-14-17-22(32-34(11,12)28(5,6)7)21-31-33(9,10)27(2,3)4/h16,18,20,22H,13-14,17,21H2,1-12H3/t22-/m1/s1. The van der Waals surface area contributed by atoms with Crippen LogP contribution in [0, 0.1) is 11.8 Å². The van der Waals surface area contributed by atoms with Crippen LogP contribution in [0.1, 0.15) is 77.2 Å². The zero-order chi connectivity index (χ0) is 26.4. The lowest BCUT2D eigenvalue weighted by molar-refractivity contribution is 0.101. The molecule has 0 amide bonds. The number of ether oxygens (including phenoxy) is 1. The molecule has 6 heteroatoms. The van der Waals surface area contributed by atoms with Gasteiger partial charge in [-0.15, -0.1) is 0 Å². The van der Waals surface area contributed by atoms with Crippen molar-refractivity contribution in [1.82, 2.24) is 0 Å². The van der Waals surface area contributed by atoms with Crippen molar-refractivity contribution in [3.05, 3.63) is 29.3 Å². The normalized spacial score (nSPS) is 13.8. The van der Waals surface area contributed by atoms with E-state index in [2.05, 4.69) is 79.6 Å². The van der Waals surface area contributed by atoms with Gasteiger partial charge in [0.05, 0.1) is 19.8 Å². The van der Waals surface area contributed by atoms with Gasteiger partial charge >= 0.3 is 0 Å². The largest absolute Gasteiger partial charge is 0.496 e. The van der Waals surface area contributed by atoms with Crippen LogP contribution in [0.2, 0.25) is 36.3 Å². The van der Waals surface area contributed by atoms with Gasteiger partial charge in [-0.25, -0.2) is 0 Å². The minimum atomic E-state index is -1.96. The molecular weight excluding hydrogens is 456 g/mol. The first-order valence-electron chi connectivity index (χ1n) is 12.5. The molecule has 0 spiro atoms. The zero-order valence-corrected chi connectivity index (χ0v) is 25.8. The Morgan fingerprint density at radius 2 is 1.59 bits per heavy atom. The Hall–Kier alpha value is -1.40. The van der Waals surface area contributed by atoms with E-state index in [9.17, 15) is 4.79 Å². The molecule has 0 aliphatic heterocycles. The average Bonchev–Trinajstić information content (AvgIpc) is 2.72. The summed E-state index contributed by atoms with van der Waals surface area (Å²) in [4.78, 5) is 12.8. The van der Waals surface area contributed by atoms with E-state index in [4.69, 9.17) is 13.6 Å². The molecule has 0 N–H and O–H groups in total. The number of hydrogen-bond donors (Lipinski definition) is 0. The molecule has 1 aromatic carbocycles. The SMILES string of the molecule is CCc1c(OC)cccc1C(=O)C#CCC[C@H](CO[Si](C)(C)C(C)(C)C)O[Si](C)(C)C(C)(C)C. The third-order valence-corrected chi connectivity index (χ3v) is 16.5. The minimum Gasteiger partial charge on any atom is -0.496 e. The highest BCUT2D eigenvalue weighted by atomic mass is 28.4. The summed E-state index contributed by atoms with van der Waals surface area (Å²) < 4.78 is 18.7. The van der Waals surface area contributed by atoms with Gasteiger partial charge in [-0.3, -0.25) is 4.79 Å². The molecule has 34 heavy (non-hydrogen) atoms. The summed E-state index contributed by atoms with van der Waals surface area (Å²) in [5.74, 6) is 6.53. The third-order valence-electron chi connectivity index (χ3n) is 7.45. The molecule has 0 bridgehead atoms. The number of benzene rings is 1. The van der Waals surface area contributed by atoms with E-state index in [0.717, 1.165) is 24.2 Å². The van der Waals surface area contributed by atoms with Crippen LogP contribution in [0.25, 0.3) is 0 Å². The predicted octanol–water partition coefficient (Wildman–Crippen LogP) is 7.64. The van der Waals surface area contributed by atoms with Crippen molar-refractivity contribution in [2.45, 2.75) is 110 Å². The van der Waals surface area contributed by atoms with Gasteiger partial charge in [0.1, 0.15) is 5.75 Å². The molecule has 0 fully saturated rings. The number of hydrogen-bond acceptors (Lipinski definition) is 4. The van der Waals surface area contributed by atoms with Crippen LogP contribution in [-0.2, 0) is 15.3 Å². The number of ketones is 1. The summed E-state index contributed by atoms with van der Waals surface area (Å²) in [5, 5.41) is 0.265. The Bertz CT molecular complexity index is 880. The Labute approximate surface area is 211 Å². The molecule has 0 radical (unpaired) electrons. The van der Waals surface area contributed by atoms with Crippen LogP contribution in [0.15, 0.2) is 18.2 Å². The van der Waals surface area contributed by atoms with E-state index in [0.29, 0.717) is 18.6 Å². The van der Waals surface area contributed by atoms with Crippen LogP contribution in [-0.4, -0.2) is 42.2 Å². The maximum absolute atomic E-state index is 12.8. The van der Waals surface area contributed by atoms with Gasteiger partial charge in [0.15, 0.2) is 16.6 Å². The topological polar surface area (TPSA) is 44.8 Å². The summed E-state index contributed by atoms with van der Waals surface area (Å²) in [7, 11) is -2.22. The lowest BCUT2D eigenvalue weighted by Crippen LogP contribution is -2.47. The van der Waals surface area contributed by atoms with Crippen molar-refractivity contribution < 1.29 is 18.4 Å². The van der Waals surface area contributed by atoms with E-state index in [1.54, 1.807) is 7.11 Å². The van der Waals surface area contributed by atoms with Crippen molar-refractivity contribution >= 4 is 22.4 Å². The lowest BCUT2D eigenvalue weighted by Gasteiger charge is -2.41. The maximum atomic E-state index is 12.8. The van der Waals surface area contributed by atoms with Gasteiger partial charge in [-0.2, -0.15) is 0 Å². The Kier molecular flexibility index (Phi) is 10.8. The van der Waals surface area contributed by atoms with E-state index < -0.39 is 16.6 Å². The second-order valence-corrected chi connectivity index (χ2v) is 21.6. The van der Waals surface area contributed by atoms with Crippen molar-refractivity contribution in [3.63, 3.8) is 0 Å². The highest BCUT2D eigenvalue weighted by Crippen LogP contribution is 2.39. The molecule has 0 saturated heterocycles. The molecule has 1 rings (SSSR count). The maximum Gasteiger partial charge on any atom is 0.236 e. The van der Waals surface area contributed by atoms with E-state index in [1.165, 1.54) is 0 Å². The fourth-order valence-corrected chi connectivity index (χ4v) is 5.47. The molecule has 1 atom stereocenters. The molecule has 192 valence electrons. The fourth-order valence-electron chi connectivity index (χ4n) is 3.07. The van der Waals surface area contributed by atoms with Crippen LogP contribution in [0.3, 0.4) is 0 Å². The molecule has 1 aromatic rings. The van der Waals surface area contributed by atoms with Crippen LogP contribution < -0.4 is 4.74 Å². The van der Waals surface area contributed by atoms with Crippen molar-refractivity contribution in [3.8, 4) is 17.6 Å². The van der Waals surface area contributed by atoms with Gasteiger partial charge in [0, 0.05) is 17.5 Å². The summed E-state index contributed by atoms with van der Waals surface area (Å²) in [6.07, 6.45) is 2.04. The Morgan fingerprint density at radius 3 is 2.09 bits per heavy atom. The highest BCUT2D eigenvalue weighted by Gasteiger charge is 2.41. The average molecular weight is 505 g/mol. The molecular formula is C28H48O4Si2. The number of methoxy groups -OCH3 is 1. The fraction of sp³-hybridized carbons (Fsp3) is 0.679. The number of carbonyl (C=O) groups excluding carboxylic acids is 1. The first-order valence-corrected chi connectivity index (χ1v) is 18.3. The summed E-state index contributed by atoms with van der Waals surface area (Å²) >= 11 is 0. The van der Waals surface area contributed by atoms with Gasteiger partial charge in [0.2, 0.25) is 5.78 Å². The van der Waals surface area contributed by atoms with Gasteiger partial charge < -0.3 is 13.6 Å². The van der Waals surface area contributed by atoms with Crippen LogP contribution in [0.5, 0.6) is 5.75 Å².